The van der Waals surface area contributed by atoms with E-state index in [0.717, 1.165) is 38.2 Å². The number of carbonyl (C=O) groups is 1. The van der Waals surface area contributed by atoms with Crippen LogP contribution in [0.2, 0.25) is 0 Å². The molecule has 5 nitrogen and oxygen atoms in total. The highest BCUT2D eigenvalue weighted by molar-refractivity contribution is 5.82. The number of hydrogen-bond acceptors (Lipinski definition) is 4. The molecule has 1 amide bonds. The van der Waals surface area contributed by atoms with Gasteiger partial charge in [0.15, 0.2) is 0 Å². The third-order valence-corrected chi connectivity index (χ3v) is 3.36. The summed E-state index contributed by atoms with van der Waals surface area (Å²) < 4.78 is 0. The smallest absolute Gasteiger partial charge is 0.239 e. The van der Waals surface area contributed by atoms with Crippen LogP contribution in [0.3, 0.4) is 0 Å². The standard InChI is InChI=1S/C14H21N3O2/c15-13(10-11-2-4-12(18)5-3-11)14(19)17-8-1-6-16-7-9-17/h2-5,13,16,18H,1,6-10,15H2. The van der Waals surface area contributed by atoms with Gasteiger partial charge in [0, 0.05) is 19.6 Å². The molecule has 0 aliphatic carbocycles. The molecule has 1 aromatic rings. The molecule has 0 radical (unpaired) electrons. The molecular formula is C14H21N3O2. The molecule has 1 unspecified atom stereocenters. The van der Waals surface area contributed by atoms with Crippen molar-refractivity contribution in [3.8, 4) is 5.75 Å². The average Bonchev–Trinajstić information content (AvgIpc) is 2.69. The molecule has 1 fully saturated rings. The Morgan fingerprint density at radius 2 is 2.05 bits per heavy atom. The van der Waals surface area contributed by atoms with Crippen molar-refractivity contribution in [3.05, 3.63) is 29.8 Å². The first-order valence-electron chi connectivity index (χ1n) is 6.70. The van der Waals surface area contributed by atoms with Crippen LogP contribution in [0.25, 0.3) is 0 Å². The largest absolute Gasteiger partial charge is 0.508 e. The summed E-state index contributed by atoms with van der Waals surface area (Å²) in [6, 6.07) is 6.31. The van der Waals surface area contributed by atoms with E-state index in [1.54, 1.807) is 24.3 Å². The highest BCUT2D eigenvalue weighted by Crippen LogP contribution is 2.11. The predicted octanol–water partition coefficient (Wildman–Crippen LogP) is 0.0839. The predicted molar refractivity (Wildman–Crippen MR) is 73.9 cm³/mol. The molecule has 104 valence electrons. The third kappa shape index (κ3) is 3.94. The van der Waals surface area contributed by atoms with E-state index >= 15 is 0 Å². The van der Waals surface area contributed by atoms with Crippen LogP contribution >= 0.6 is 0 Å². The molecule has 1 saturated heterocycles. The summed E-state index contributed by atoms with van der Waals surface area (Å²) in [6.45, 7) is 3.28. The number of nitrogens with two attached hydrogens (primary N) is 1. The average molecular weight is 263 g/mol. The lowest BCUT2D eigenvalue weighted by Crippen LogP contribution is -2.46. The molecule has 1 aliphatic heterocycles. The van der Waals surface area contributed by atoms with Gasteiger partial charge in [0.2, 0.25) is 5.91 Å². The van der Waals surface area contributed by atoms with E-state index in [4.69, 9.17) is 5.73 Å². The number of phenols is 1. The SMILES string of the molecule is NC(Cc1ccc(O)cc1)C(=O)N1CCCNCC1. The number of aromatic hydroxyl groups is 1. The molecule has 19 heavy (non-hydrogen) atoms. The van der Waals surface area contributed by atoms with Crippen LogP contribution in [0.4, 0.5) is 0 Å². The minimum Gasteiger partial charge on any atom is -0.508 e. The zero-order chi connectivity index (χ0) is 13.7. The van der Waals surface area contributed by atoms with Gasteiger partial charge in [-0.2, -0.15) is 0 Å². The van der Waals surface area contributed by atoms with Crippen LogP contribution in [0, 0.1) is 0 Å². The fraction of sp³-hybridized carbons (Fsp3) is 0.500. The van der Waals surface area contributed by atoms with Crippen LogP contribution in [-0.4, -0.2) is 48.1 Å². The summed E-state index contributed by atoms with van der Waals surface area (Å²) in [5, 5.41) is 12.5. The van der Waals surface area contributed by atoms with E-state index in [2.05, 4.69) is 5.32 Å². The zero-order valence-corrected chi connectivity index (χ0v) is 11.0. The quantitative estimate of drug-likeness (QED) is 0.722. The molecule has 1 aliphatic rings. The summed E-state index contributed by atoms with van der Waals surface area (Å²) in [5.74, 6) is 0.235. The number of phenolic OH excluding ortho intramolecular Hbond substituents is 1. The second kappa shape index (κ2) is 6.54. The first kappa shape index (κ1) is 13.8. The van der Waals surface area contributed by atoms with Crippen LogP contribution in [-0.2, 0) is 11.2 Å². The van der Waals surface area contributed by atoms with Gasteiger partial charge in [0.1, 0.15) is 5.75 Å². The number of hydrogen-bond donors (Lipinski definition) is 3. The topological polar surface area (TPSA) is 78.6 Å². The lowest BCUT2D eigenvalue weighted by atomic mass is 10.1. The molecule has 0 aromatic heterocycles. The lowest BCUT2D eigenvalue weighted by molar-refractivity contribution is -0.132. The highest BCUT2D eigenvalue weighted by Gasteiger charge is 2.21. The van der Waals surface area contributed by atoms with Crippen LogP contribution < -0.4 is 11.1 Å². The maximum absolute atomic E-state index is 12.2. The minimum absolute atomic E-state index is 0.0109. The number of benzene rings is 1. The van der Waals surface area contributed by atoms with E-state index in [1.165, 1.54) is 0 Å². The number of nitrogens with zero attached hydrogens (tertiary/aromatic N) is 1. The van der Waals surface area contributed by atoms with E-state index in [0.29, 0.717) is 6.42 Å². The Morgan fingerprint density at radius 1 is 1.32 bits per heavy atom. The number of amides is 1. The second-order valence-corrected chi connectivity index (χ2v) is 4.91. The van der Waals surface area contributed by atoms with Gasteiger partial charge in [-0.05, 0) is 37.1 Å². The first-order chi connectivity index (χ1) is 9.16. The Hall–Kier alpha value is -1.59. The van der Waals surface area contributed by atoms with Crippen molar-refractivity contribution in [1.82, 2.24) is 10.2 Å². The second-order valence-electron chi connectivity index (χ2n) is 4.91. The highest BCUT2D eigenvalue weighted by atomic mass is 16.3. The summed E-state index contributed by atoms with van der Waals surface area (Å²) in [5.41, 5.74) is 6.96. The number of carbonyl (C=O) groups excluding carboxylic acids is 1. The molecule has 0 spiro atoms. The fourth-order valence-corrected chi connectivity index (χ4v) is 2.27. The Balaban J connectivity index is 1.92. The van der Waals surface area contributed by atoms with E-state index in [-0.39, 0.29) is 11.7 Å². The third-order valence-electron chi connectivity index (χ3n) is 3.36. The molecule has 1 atom stereocenters. The van der Waals surface area contributed by atoms with Crippen molar-refractivity contribution in [2.24, 2.45) is 5.73 Å². The summed E-state index contributed by atoms with van der Waals surface area (Å²) in [4.78, 5) is 14.1. The van der Waals surface area contributed by atoms with Crippen molar-refractivity contribution in [2.75, 3.05) is 26.2 Å². The van der Waals surface area contributed by atoms with Gasteiger partial charge >= 0.3 is 0 Å². The van der Waals surface area contributed by atoms with Crippen molar-refractivity contribution >= 4 is 5.91 Å². The molecule has 5 heteroatoms. The van der Waals surface area contributed by atoms with Crippen LogP contribution in [0.5, 0.6) is 5.75 Å². The summed E-state index contributed by atoms with van der Waals surface area (Å²) in [7, 11) is 0. The van der Waals surface area contributed by atoms with Crippen LogP contribution in [0.15, 0.2) is 24.3 Å². The molecule has 1 heterocycles. The van der Waals surface area contributed by atoms with Crippen molar-refractivity contribution in [1.29, 1.82) is 0 Å². The van der Waals surface area contributed by atoms with Gasteiger partial charge in [0.25, 0.3) is 0 Å². The lowest BCUT2D eigenvalue weighted by Gasteiger charge is -2.23. The normalized spacial score (nSPS) is 17.8. The van der Waals surface area contributed by atoms with Gasteiger partial charge < -0.3 is 21.1 Å². The molecule has 4 N–H and O–H groups in total. The summed E-state index contributed by atoms with van der Waals surface area (Å²) in [6.07, 6.45) is 1.47. The molecular weight excluding hydrogens is 242 g/mol. The van der Waals surface area contributed by atoms with Gasteiger partial charge in [-0.1, -0.05) is 12.1 Å². The van der Waals surface area contributed by atoms with Gasteiger partial charge in [-0.15, -0.1) is 0 Å². The molecule has 0 bridgehead atoms. The number of rotatable bonds is 3. The van der Waals surface area contributed by atoms with Gasteiger partial charge in [-0.3, -0.25) is 4.79 Å². The monoisotopic (exact) mass is 263 g/mol. The Kier molecular flexibility index (Phi) is 4.76. The number of nitrogens with one attached hydrogen (secondary N) is 1. The fourth-order valence-electron chi connectivity index (χ4n) is 2.27. The molecule has 0 saturated carbocycles. The Labute approximate surface area is 113 Å². The Bertz CT molecular complexity index is 411. The first-order valence-corrected chi connectivity index (χ1v) is 6.70. The van der Waals surface area contributed by atoms with Gasteiger partial charge in [-0.25, -0.2) is 0 Å². The zero-order valence-electron chi connectivity index (χ0n) is 11.0. The molecule has 2 rings (SSSR count). The van der Waals surface area contributed by atoms with Crippen LogP contribution in [0.1, 0.15) is 12.0 Å². The maximum Gasteiger partial charge on any atom is 0.239 e. The van der Waals surface area contributed by atoms with E-state index in [9.17, 15) is 9.90 Å². The van der Waals surface area contributed by atoms with Crippen molar-refractivity contribution < 1.29 is 9.90 Å². The van der Waals surface area contributed by atoms with E-state index in [1.807, 2.05) is 4.90 Å². The van der Waals surface area contributed by atoms with Crippen molar-refractivity contribution in [3.63, 3.8) is 0 Å². The Morgan fingerprint density at radius 3 is 2.79 bits per heavy atom. The maximum atomic E-state index is 12.2. The minimum atomic E-state index is -0.511. The van der Waals surface area contributed by atoms with Crippen molar-refractivity contribution in [2.45, 2.75) is 18.9 Å². The van der Waals surface area contributed by atoms with E-state index < -0.39 is 6.04 Å². The molecule has 1 aromatic carbocycles. The van der Waals surface area contributed by atoms with Gasteiger partial charge in [0.05, 0.1) is 6.04 Å². The summed E-state index contributed by atoms with van der Waals surface area (Å²) >= 11 is 0.